The second kappa shape index (κ2) is 7.90. The monoisotopic (exact) mass is 309 g/mol. The number of amides is 1. The smallest absolute Gasteiger partial charge is 0.270 e. The largest absolute Gasteiger partial charge is 0.340 e. The molecule has 4 nitrogen and oxygen atoms in total. The van der Waals surface area contributed by atoms with Gasteiger partial charge in [0.2, 0.25) is 0 Å². The Morgan fingerprint density at radius 2 is 2.24 bits per heavy atom. The summed E-state index contributed by atoms with van der Waals surface area (Å²) in [7, 11) is 1.92. The Labute approximate surface area is 132 Å². The third-order valence-corrected chi connectivity index (χ3v) is 5.07. The lowest BCUT2D eigenvalue weighted by molar-refractivity contribution is 0.0726. The van der Waals surface area contributed by atoms with E-state index >= 15 is 0 Å². The van der Waals surface area contributed by atoms with Crippen LogP contribution in [-0.2, 0) is 0 Å². The number of rotatable bonds is 6. The Hall–Kier alpha value is -0.940. The Morgan fingerprint density at radius 1 is 1.52 bits per heavy atom. The summed E-state index contributed by atoms with van der Waals surface area (Å²) in [5, 5.41) is 3.38. The SMILES string of the molecule is CSCCC(C)N(C)C(=O)c1cccn1C1CCNCC1. The van der Waals surface area contributed by atoms with E-state index in [1.807, 2.05) is 35.8 Å². The van der Waals surface area contributed by atoms with Gasteiger partial charge in [-0.1, -0.05) is 0 Å². The highest BCUT2D eigenvalue weighted by molar-refractivity contribution is 7.98. The first-order valence-electron chi connectivity index (χ1n) is 7.78. The molecule has 1 N–H and O–H groups in total. The third-order valence-electron chi connectivity index (χ3n) is 4.42. The van der Waals surface area contributed by atoms with E-state index in [1.165, 1.54) is 0 Å². The molecule has 0 aliphatic carbocycles. The van der Waals surface area contributed by atoms with Crippen LogP contribution in [0.25, 0.3) is 0 Å². The van der Waals surface area contributed by atoms with Gasteiger partial charge in [-0.25, -0.2) is 0 Å². The van der Waals surface area contributed by atoms with Crippen molar-refractivity contribution in [1.29, 1.82) is 0 Å². The van der Waals surface area contributed by atoms with Crippen LogP contribution in [0.3, 0.4) is 0 Å². The normalized spacial score (nSPS) is 17.7. The van der Waals surface area contributed by atoms with Crippen molar-refractivity contribution >= 4 is 17.7 Å². The fourth-order valence-corrected chi connectivity index (χ4v) is 3.42. The quantitative estimate of drug-likeness (QED) is 0.878. The van der Waals surface area contributed by atoms with E-state index in [0.29, 0.717) is 6.04 Å². The number of nitrogens with one attached hydrogen (secondary N) is 1. The van der Waals surface area contributed by atoms with Crippen LogP contribution in [0.5, 0.6) is 0 Å². The van der Waals surface area contributed by atoms with Crippen molar-refractivity contribution in [3.8, 4) is 0 Å². The first-order valence-corrected chi connectivity index (χ1v) is 9.18. The lowest BCUT2D eigenvalue weighted by Crippen LogP contribution is -2.37. The van der Waals surface area contributed by atoms with Crippen LogP contribution in [0.15, 0.2) is 18.3 Å². The molecule has 0 radical (unpaired) electrons. The van der Waals surface area contributed by atoms with Crippen LogP contribution in [0.2, 0.25) is 0 Å². The number of carbonyl (C=O) groups excluding carboxylic acids is 1. The summed E-state index contributed by atoms with van der Waals surface area (Å²) in [6.45, 7) is 4.21. The van der Waals surface area contributed by atoms with Crippen molar-refractivity contribution < 1.29 is 4.79 Å². The fraction of sp³-hybridized carbons (Fsp3) is 0.688. The molecule has 1 atom stereocenters. The average Bonchev–Trinajstić information content (AvgIpc) is 3.01. The van der Waals surface area contributed by atoms with Gasteiger partial charge in [0.05, 0.1) is 0 Å². The van der Waals surface area contributed by atoms with Gasteiger partial charge in [0.1, 0.15) is 5.69 Å². The van der Waals surface area contributed by atoms with Crippen molar-refractivity contribution in [2.45, 2.75) is 38.3 Å². The lowest BCUT2D eigenvalue weighted by Gasteiger charge is -2.29. The van der Waals surface area contributed by atoms with E-state index < -0.39 is 0 Å². The van der Waals surface area contributed by atoms with Crippen molar-refractivity contribution in [3.05, 3.63) is 24.0 Å². The van der Waals surface area contributed by atoms with Gasteiger partial charge in [0.15, 0.2) is 0 Å². The van der Waals surface area contributed by atoms with Crippen LogP contribution >= 0.6 is 11.8 Å². The molecule has 1 aliphatic rings. The number of piperidine rings is 1. The lowest BCUT2D eigenvalue weighted by atomic mass is 10.1. The predicted octanol–water partition coefficient (Wildman–Crippen LogP) is 2.63. The van der Waals surface area contributed by atoms with Gasteiger partial charge >= 0.3 is 0 Å². The second-order valence-corrected chi connectivity index (χ2v) is 6.81. The molecule has 1 amide bonds. The van der Waals surface area contributed by atoms with Gasteiger partial charge in [0, 0.05) is 25.3 Å². The van der Waals surface area contributed by atoms with Crippen LogP contribution in [0, 0.1) is 0 Å². The number of hydrogen-bond donors (Lipinski definition) is 1. The molecule has 1 fully saturated rings. The Morgan fingerprint density at radius 3 is 2.90 bits per heavy atom. The average molecular weight is 309 g/mol. The second-order valence-electron chi connectivity index (χ2n) is 5.83. The Kier molecular flexibility index (Phi) is 6.18. The number of thioether (sulfide) groups is 1. The fourth-order valence-electron chi connectivity index (χ4n) is 2.84. The molecule has 118 valence electrons. The Bertz CT molecular complexity index is 454. The topological polar surface area (TPSA) is 37.3 Å². The summed E-state index contributed by atoms with van der Waals surface area (Å²) in [6.07, 6.45) is 7.40. The summed E-state index contributed by atoms with van der Waals surface area (Å²) < 4.78 is 2.18. The van der Waals surface area contributed by atoms with Crippen LogP contribution < -0.4 is 5.32 Å². The summed E-state index contributed by atoms with van der Waals surface area (Å²) in [5.74, 6) is 1.24. The first kappa shape index (κ1) is 16.4. The molecule has 1 unspecified atom stereocenters. The summed E-state index contributed by atoms with van der Waals surface area (Å²) in [4.78, 5) is 14.6. The van der Waals surface area contributed by atoms with Crippen molar-refractivity contribution in [2.24, 2.45) is 0 Å². The van der Waals surface area contributed by atoms with E-state index in [2.05, 4.69) is 29.3 Å². The summed E-state index contributed by atoms with van der Waals surface area (Å²) >= 11 is 1.83. The highest BCUT2D eigenvalue weighted by atomic mass is 32.2. The van der Waals surface area contributed by atoms with E-state index in [0.717, 1.165) is 43.8 Å². The van der Waals surface area contributed by atoms with Crippen molar-refractivity contribution in [3.63, 3.8) is 0 Å². The molecule has 0 bridgehead atoms. The Balaban J connectivity index is 2.07. The minimum Gasteiger partial charge on any atom is -0.340 e. The van der Waals surface area contributed by atoms with E-state index in [4.69, 9.17) is 0 Å². The number of aromatic nitrogens is 1. The number of hydrogen-bond acceptors (Lipinski definition) is 3. The van der Waals surface area contributed by atoms with E-state index in [9.17, 15) is 4.79 Å². The molecular weight excluding hydrogens is 282 g/mol. The minimum atomic E-state index is 0.145. The van der Waals surface area contributed by atoms with Gasteiger partial charge in [-0.15, -0.1) is 0 Å². The molecule has 5 heteroatoms. The molecule has 0 aromatic carbocycles. The molecule has 0 saturated carbocycles. The number of carbonyl (C=O) groups is 1. The van der Waals surface area contributed by atoms with Gasteiger partial charge in [-0.05, 0) is 63.4 Å². The van der Waals surface area contributed by atoms with Gasteiger partial charge in [-0.2, -0.15) is 11.8 Å². The molecule has 1 aliphatic heterocycles. The van der Waals surface area contributed by atoms with Crippen LogP contribution in [0.1, 0.15) is 42.7 Å². The molecule has 1 saturated heterocycles. The third kappa shape index (κ3) is 4.04. The maximum atomic E-state index is 12.8. The minimum absolute atomic E-state index is 0.145. The highest BCUT2D eigenvalue weighted by Gasteiger charge is 2.23. The predicted molar refractivity (Wildman–Crippen MR) is 90.1 cm³/mol. The molecular formula is C16H27N3OS. The van der Waals surface area contributed by atoms with Crippen LogP contribution in [0.4, 0.5) is 0 Å². The standard InChI is InChI=1S/C16H27N3OS/c1-13(8-12-21-3)18(2)16(20)15-5-4-11-19(15)14-6-9-17-10-7-14/h4-5,11,13-14,17H,6-10,12H2,1-3H3. The van der Waals surface area contributed by atoms with Crippen LogP contribution in [-0.4, -0.2) is 53.6 Å². The first-order chi connectivity index (χ1) is 10.1. The van der Waals surface area contributed by atoms with Gasteiger partial charge in [-0.3, -0.25) is 4.79 Å². The van der Waals surface area contributed by atoms with Crippen molar-refractivity contribution in [1.82, 2.24) is 14.8 Å². The zero-order chi connectivity index (χ0) is 15.2. The molecule has 1 aromatic rings. The van der Waals surface area contributed by atoms with Crippen molar-refractivity contribution in [2.75, 3.05) is 32.1 Å². The van der Waals surface area contributed by atoms with Gasteiger partial charge in [0.25, 0.3) is 5.91 Å². The van der Waals surface area contributed by atoms with Gasteiger partial charge < -0.3 is 14.8 Å². The molecule has 1 aromatic heterocycles. The highest BCUT2D eigenvalue weighted by Crippen LogP contribution is 2.22. The van der Waals surface area contributed by atoms with E-state index in [1.54, 1.807) is 0 Å². The molecule has 2 heterocycles. The maximum absolute atomic E-state index is 12.8. The zero-order valence-corrected chi connectivity index (χ0v) is 14.2. The molecule has 2 rings (SSSR count). The number of nitrogens with zero attached hydrogens (tertiary/aromatic N) is 2. The maximum Gasteiger partial charge on any atom is 0.270 e. The summed E-state index contributed by atoms with van der Waals surface area (Å²) in [6, 6.07) is 4.69. The molecule has 21 heavy (non-hydrogen) atoms. The zero-order valence-electron chi connectivity index (χ0n) is 13.3. The molecule has 0 spiro atoms. The summed E-state index contributed by atoms with van der Waals surface area (Å²) in [5.41, 5.74) is 0.834. The van der Waals surface area contributed by atoms with E-state index in [-0.39, 0.29) is 11.9 Å².